The van der Waals surface area contributed by atoms with E-state index in [1.165, 1.54) is 11.1 Å². The van der Waals surface area contributed by atoms with Crippen molar-refractivity contribution in [2.75, 3.05) is 18.4 Å². The first-order chi connectivity index (χ1) is 10.8. The van der Waals surface area contributed by atoms with Gasteiger partial charge in [0.05, 0.1) is 12.1 Å². The molecule has 0 saturated carbocycles. The van der Waals surface area contributed by atoms with Gasteiger partial charge in [-0.3, -0.25) is 9.78 Å². The van der Waals surface area contributed by atoms with Gasteiger partial charge in [0.1, 0.15) is 5.82 Å². The van der Waals surface area contributed by atoms with E-state index >= 15 is 0 Å². The van der Waals surface area contributed by atoms with Gasteiger partial charge >= 0.3 is 0 Å². The predicted molar refractivity (Wildman–Crippen MR) is 85.7 cm³/mol. The zero-order valence-electron chi connectivity index (χ0n) is 12.5. The summed E-state index contributed by atoms with van der Waals surface area (Å²) in [4.78, 5) is 20.5. The third kappa shape index (κ3) is 3.42. The van der Waals surface area contributed by atoms with Gasteiger partial charge in [-0.2, -0.15) is 0 Å². The average molecular weight is 296 g/mol. The highest BCUT2D eigenvalue weighted by Crippen LogP contribution is 2.31. The molecule has 1 aliphatic rings. The molecule has 5 nitrogen and oxygen atoms in total. The van der Waals surface area contributed by atoms with Crippen LogP contribution in [0.3, 0.4) is 0 Å². The molecule has 22 heavy (non-hydrogen) atoms. The van der Waals surface area contributed by atoms with Crippen LogP contribution in [0, 0.1) is 0 Å². The summed E-state index contributed by atoms with van der Waals surface area (Å²) >= 11 is 0. The van der Waals surface area contributed by atoms with Crippen LogP contribution in [0.15, 0.2) is 42.9 Å². The van der Waals surface area contributed by atoms with Gasteiger partial charge in [-0.15, -0.1) is 0 Å². The van der Waals surface area contributed by atoms with Gasteiger partial charge in [-0.25, -0.2) is 4.98 Å². The monoisotopic (exact) mass is 296 g/mol. The lowest BCUT2D eigenvalue weighted by atomic mass is 9.82. The van der Waals surface area contributed by atoms with Crippen LogP contribution in [0.1, 0.15) is 29.9 Å². The van der Waals surface area contributed by atoms with Crippen LogP contribution in [0.2, 0.25) is 0 Å². The van der Waals surface area contributed by atoms with Crippen molar-refractivity contribution in [3.8, 4) is 0 Å². The molecule has 114 valence electrons. The van der Waals surface area contributed by atoms with Crippen molar-refractivity contribution in [3.63, 3.8) is 0 Å². The number of carbonyl (C=O) groups excluding carboxylic acids is 1. The SMILES string of the molecule is O=C(NCCNc1cnccn1)[C@H]1CCCc2ccccc21. The molecular weight excluding hydrogens is 276 g/mol. The minimum atomic E-state index is -0.0125. The van der Waals surface area contributed by atoms with Crippen molar-refractivity contribution in [2.24, 2.45) is 0 Å². The topological polar surface area (TPSA) is 66.9 Å². The fourth-order valence-corrected chi connectivity index (χ4v) is 2.92. The van der Waals surface area contributed by atoms with Crippen molar-refractivity contribution >= 4 is 11.7 Å². The maximum atomic E-state index is 12.4. The fraction of sp³-hybridized carbons (Fsp3) is 0.353. The fourth-order valence-electron chi connectivity index (χ4n) is 2.92. The van der Waals surface area contributed by atoms with Crippen molar-refractivity contribution in [1.82, 2.24) is 15.3 Å². The summed E-state index contributed by atoms with van der Waals surface area (Å²) in [5, 5.41) is 6.15. The van der Waals surface area contributed by atoms with Gasteiger partial charge in [0.25, 0.3) is 0 Å². The maximum Gasteiger partial charge on any atom is 0.227 e. The molecule has 5 heteroatoms. The maximum absolute atomic E-state index is 12.4. The zero-order chi connectivity index (χ0) is 15.2. The molecule has 1 atom stereocenters. The van der Waals surface area contributed by atoms with Gasteiger partial charge in [0, 0.05) is 25.5 Å². The van der Waals surface area contributed by atoms with Crippen LogP contribution in [0.25, 0.3) is 0 Å². The number of hydrogen-bond acceptors (Lipinski definition) is 4. The van der Waals surface area contributed by atoms with Gasteiger partial charge in [-0.1, -0.05) is 24.3 Å². The Morgan fingerprint density at radius 3 is 3.00 bits per heavy atom. The normalized spacial score (nSPS) is 16.6. The highest BCUT2D eigenvalue weighted by molar-refractivity contribution is 5.84. The summed E-state index contributed by atoms with van der Waals surface area (Å²) in [5.74, 6) is 0.828. The third-order valence-corrected chi connectivity index (χ3v) is 3.98. The number of carbonyl (C=O) groups is 1. The molecule has 1 aromatic heterocycles. The van der Waals surface area contributed by atoms with Gasteiger partial charge in [0.15, 0.2) is 0 Å². The van der Waals surface area contributed by atoms with E-state index in [2.05, 4.69) is 32.7 Å². The quantitative estimate of drug-likeness (QED) is 0.829. The Balaban J connectivity index is 1.51. The number of amides is 1. The lowest BCUT2D eigenvalue weighted by molar-refractivity contribution is -0.122. The first-order valence-corrected chi connectivity index (χ1v) is 7.70. The van der Waals surface area contributed by atoms with Crippen LogP contribution in [-0.2, 0) is 11.2 Å². The summed E-state index contributed by atoms with van der Waals surface area (Å²) in [6, 6.07) is 8.27. The summed E-state index contributed by atoms with van der Waals surface area (Å²) in [6.45, 7) is 1.22. The summed E-state index contributed by atoms with van der Waals surface area (Å²) < 4.78 is 0. The smallest absolute Gasteiger partial charge is 0.227 e. The van der Waals surface area contributed by atoms with E-state index in [0.717, 1.165) is 25.1 Å². The van der Waals surface area contributed by atoms with Gasteiger partial charge < -0.3 is 10.6 Å². The van der Waals surface area contributed by atoms with Crippen molar-refractivity contribution in [2.45, 2.75) is 25.2 Å². The molecule has 0 bridgehead atoms. The lowest BCUT2D eigenvalue weighted by Crippen LogP contribution is -2.34. The number of benzene rings is 1. The van der Waals surface area contributed by atoms with Crippen LogP contribution in [-0.4, -0.2) is 29.0 Å². The molecule has 2 N–H and O–H groups in total. The Hall–Kier alpha value is -2.43. The first-order valence-electron chi connectivity index (χ1n) is 7.70. The lowest BCUT2D eigenvalue weighted by Gasteiger charge is -2.24. The van der Waals surface area contributed by atoms with Crippen LogP contribution in [0.5, 0.6) is 0 Å². The molecule has 0 aliphatic heterocycles. The standard InChI is InChI=1S/C17H20N4O/c22-17(21-11-10-20-16-12-18-8-9-19-16)15-7-3-5-13-4-1-2-6-14(13)15/h1-2,4,6,8-9,12,15H,3,5,7,10-11H2,(H,19,20)(H,21,22)/t15-/m0/s1. The molecule has 1 amide bonds. The average Bonchev–Trinajstić information content (AvgIpc) is 2.59. The number of nitrogens with zero attached hydrogens (tertiary/aromatic N) is 2. The Morgan fingerprint density at radius 2 is 2.14 bits per heavy atom. The minimum Gasteiger partial charge on any atom is -0.367 e. The van der Waals surface area contributed by atoms with Gasteiger partial charge in [0.2, 0.25) is 5.91 Å². The summed E-state index contributed by atoms with van der Waals surface area (Å²) in [7, 11) is 0. The molecule has 0 fully saturated rings. The van der Waals surface area contributed by atoms with Crippen LogP contribution >= 0.6 is 0 Å². The Labute approximate surface area is 130 Å². The summed E-state index contributed by atoms with van der Waals surface area (Å²) in [5.41, 5.74) is 2.50. The second-order valence-electron chi connectivity index (χ2n) is 5.45. The number of aryl methyl sites for hydroxylation is 1. The van der Waals surface area contributed by atoms with E-state index in [4.69, 9.17) is 0 Å². The summed E-state index contributed by atoms with van der Waals surface area (Å²) in [6.07, 6.45) is 8.02. The second-order valence-corrected chi connectivity index (χ2v) is 5.45. The molecule has 1 heterocycles. The van der Waals surface area contributed by atoms with E-state index in [0.29, 0.717) is 13.1 Å². The van der Waals surface area contributed by atoms with E-state index in [-0.39, 0.29) is 11.8 Å². The Bertz CT molecular complexity index is 630. The van der Waals surface area contributed by atoms with Crippen molar-refractivity contribution in [1.29, 1.82) is 0 Å². The van der Waals surface area contributed by atoms with Crippen molar-refractivity contribution in [3.05, 3.63) is 54.0 Å². The van der Waals surface area contributed by atoms with E-state index in [1.54, 1.807) is 18.6 Å². The van der Waals surface area contributed by atoms with Crippen molar-refractivity contribution < 1.29 is 4.79 Å². The largest absolute Gasteiger partial charge is 0.367 e. The van der Waals surface area contributed by atoms with E-state index < -0.39 is 0 Å². The number of anilines is 1. The molecule has 1 aromatic carbocycles. The molecule has 2 aromatic rings. The predicted octanol–water partition coefficient (Wildman–Crippen LogP) is 2.12. The minimum absolute atomic E-state index is 0.0125. The number of fused-ring (bicyclic) bond motifs is 1. The highest BCUT2D eigenvalue weighted by Gasteiger charge is 2.25. The number of rotatable bonds is 5. The Morgan fingerprint density at radius 1 is 1.23 bits per heavy atom. The number of aromatic nitrogens is 2. The Kier molecular flexibility index (Phi) is 4.63. The second kappa shape index (κ2) is 7.02. The van der Waals surface area contributed by atoms with E-state index in [1.807, 2.05) is 12.1 Å². The van der Waals surface area contributed by atoms with Crippen LogP contribution < -0.4 is 10.6 Å². The zero-order valence-corrected chi connectivity index (χ0v) is 12.5. The molecule has 3 rings (SSSR count). The number of hydrogen-bond donors (Lipinski definition) is 2. The molecule has 0 saturated heterocycles. The van der Waals surface area contributed by atoms with Gasteiger partial charge in [-0.05, 0) is 30.4 Å². The first kappa shape index (κ1) is 14.5. The third-order valence-electron chi connectivity index (χ3n) is 3.98. The molecule has 1 aliphatic carbocycles. The van der Waals surface area contributed by atoms with Crippen LogP contribution in [0.4, 0.5) is 5.82 Å². The van der Waals surface area contributed by atoms with E-state index in [9.17, 15) is 4.79 Å². The molecule has 0 radical (unpaired) electrons. The molecule has 0 spiro atoms. The molecule has 0 unspecified atom stereocenters. The number of nitrogens with one attached hydrogen (secondary N) is 2. The molecular formula is C17H20N4O. The highest BCUT2D eigenvalue weighted by atomic mass is 16.1.